The fourth-order valence-corrected chi connectivity index (χ4v) is 3.26. The van der Waals surface area contributed by atoms with Gasteiger partial charge < -0.3 is 14.4 Å². The van der Waals surface area contributed by atoms with Gasteiger partial charge in [-0.25, -0.2) is 9.97 Å². The van der Waals surface area contributed by atoms with Crippen LogP contribution in [0.4, 0.5) is 0 Å². The van der Waals surface area contributed by atoms with Crippen molar-refractivity contribution in [2.75, 3.05) is 34.4 Å². The van der Waals surface area contributed by atoms with Crippen molar-refractivity contribution in [3.63, 3.8) is 0 Å². The van der Waals surface area contributed by atoms with Gasteiger partial charge in [0.2, 0.25) is 0 Å². The Bertz CT molecular complexity index is 1110. The zero-order valence-corrected chi connectivity index (χ0v) is 15.9. The summed E-state index contributed by atoms with van der Waals surface area (Å²) in [5.74, 6) is 1.63. The summed E-state index contributed by atoms with van der Waals surface area (Å²) in [4.78, 5) is 11.8. The van der Waals surface area contributed by atoms with Gasteiger partial charge in [0, 0.05) is 29.4 Å². The Morgan fingerprint density at radius 1 is 0.889 bits per heavy atom. The fraction of sp³-hybridized carbons (Fsp3) is 0.273. The molecule has 0 unspecified atom stereocenters. The van der Waals surface area contributed by atoms with Gasteiger partial charge >= 0.3 is 0 Å². The number of rotatable bonds is 6. The first-order valence-electron chi connectivity index (χ1n) is 9.10. The molecule has 0 saturated heterocycles. The number of nitrogens with zero attached hydrogens (tertiary/aromatic N) is 3. The molecule has 0 bridgehead atoms. The molecule has 0 atom stereocenters. The van der Waals surface area contributed by atoms with Gasteiger partial charge in [0.15, 0.2) is 0 Å². The monoisotopic (exact) mass is 361 g/mol. The Hall–Kier alpha value is -2.92. The van der Waals surface area contributed by atoms with Crippen molar-refractivity contribution in [1.29, 1.82) is 0 Å². The Labute approximate surface area is 158 Å². The predicted octanol–water partition coefficient (Wildman–Crippen LogP) is 4.28. The summed E-state index contributed by atoms with van der Waals surface area (Å²) in [6, 6.07) is 16.0. The van der Waals surface area contributed by atoms with Crippen molar-refractivity contribution in [2.45, 2.75) is 6.42 Å². The molecule has 1 heterocycles. The number of fused-ring (bicyclic) bond motifs is 4. The second-order valence-corrected chi connectivity index (χ2v) is 6.87. The van der Waals surface area contributed by atoms with Crippen LogP contribution in [0.2, 0.25) is 0 Å². The lowest BCUT2D eigenvalue weighted by Crippen LogP contribution is -2.15. The summed E-state index contributed by atoms with van der Waals surface area (Å²) >= 11 is 0. The van der Waals surface area contributed by atoms with Crippen molar-refractivity contribution in [1.82, 2.24) is 14.9 Å². The molecule has 3 aromatic carbocycles. The van der Waals surface area contributed by atoms with Gasteiger partial charge in [-0.1, -0.05) is 24.3 Å². The Balaban J connectivity index is 1.83. The summed E-state index contributed by atoms with van der Waals surface area (Å²) < 4.78 is 11.4. The number of methoxy groups -OCH3 is 1. The van der Waals surface area contributed by atoms with Gasteiger partial charge in [-0.3, -0.25) is 0 Å². The van der Waals surface area contributed by atoms with E-state index in [9.17, 15) is 0 Å². The number of aromatic nitrogens is 2. The number of benzene rings is 3. The third kappa shape index (κ3) is 3.51. The predicted molar refractivity (Wildman–Crippen MR) is 110 cm³/mol. The summed E-state index contributed by atoms with van der Waals surface area (Å²) in [7, 11) is 5.80. The highest BCUT2D eigenvalue weighted by molar-refractivity contribution is 6.08. The van der Waals surface area contributed by atoms with Crippen LogP contribution in [-0.2, 0) is 0 Å². The molecular formula is C22H23N3O2. The lowest BCUT2D eigenvalue weighted by atomic mass is 10.1. The molecular weight excluding hydrogens is 338 g/mol. The first kappa shape index (κ1) is 17.5. The summed E-state index contributed by atoms with van der Waals surface area (Å²) in [5.41, 5.74) is 3.39. The molecule has 0 spiro atoms. The van der Waals surface area contributed by atoms with Crippen LogP contribution in [0.5, 0.6) is 11.5 Å². The molecule has 1 aromatic heterocycles. The van der Waals surface area contributed by atoms with Crippen LogP contribution in [0.1, 0.15) is 6.42 Å². The third-order valence-corrected chi connectivity index (χ3v) is 4.62. The number of hydrogen-bond acceptors (Lipinski definition) is 5. The van der Waals surface area contributed by atoms with E-state index in [2.05, 4.69) is 31.1 Å². The standard InChI is InChI=1S/C22H23N3O2/c1-25(2)11-6-12-27-21-14-20-22(17-8-5-4-7-16(17)21)24-18-10-9-15(26-3)13-19(18)23-20/h4-5,7-10,13-14H,6,11-12H2,1-3H3. The Morgan fingerprint density at radius 3 is 2.48 bits per heavy atom. The molecule has 4 rings (SSSR count). The van der Waals surface area contributed by atoms with Crippen molar-refractivity contribution in [2.24, 2.45) is 0 Å². The second kappa shape index (κ2) is 7.37. The van der Waals surface area contributed by atoms with Crippen LogP contribution in [0.25, 0.3) is 32.8 Å². The molecule has 138 valence electrons. The van der Waals surface area contributed by atoms with Crippen molar-refractivity contribution in [3.05, 3.63) is 48.5 Å². The van der Waals surface area contributed by atoms with E-state index in [0.717, 1.165) is 57.3 Å². The summed E-state index contributed by atoms with van der Waals surface area (Å²) in [6.45, 7) is 1.66. The zero-order valence-electron chi connectivity index (χ0n) is 15.9. The minimum Gasteiger partial charge on any atom is -0.497 e. The van der Waals surface area contributed by atoms with E-state index >= 15 is 0 Å². The maximum absolute atomic E-state index is 6.12. The van der Waals surface area contributed by atoms with Crippen molar-refractivity contribution in [3.8, 4) is 11.5 Å². The van der Waals surface area contributed by atoms with E-state index in [1.807, 2.05) is 36.4 Å². The number of ether oxygens (including phenoxy) is 2. The molecule has 0 aliphatic carbocycles. The molecule has 5 nitrogen and oxygen atoms in total. The van der Waals surface area contributed by atoms with E-state index in [-0.39, 0.29) is 0 Å². The first-order chi connectivity index (χ1) is 13.2. The van der Waals surface area contributed by atoms with Crippen LogP contribution >= 0.6 is 0 Å². The molecule has 27 heavy (non-hydrogen) atoms. The van der Waals surface area contributed by atoms with Gasteiger partial charge in [0.1, 0.15) is 11.5 Å². The second-order valence-electron chi connectivity index (χ2n) is 6.87. The molecule has 4 aromatic rings. The normalized spacial score (nSPS) is 11.6. The lowest BCUT2D eigenvalue weighted by molar-refractivity contribution is 0.284. The van der Waals surface area contributed by atoms with E-state index in [0.29, 0.717) is 6.61 Å². The smallest absolute Gasteiger partial charge is 0.129 e. The first-order valence-corrected chi connectivity index (χ1v) is 9.10. The highest BCUT2D eigenvalue weighted by atomic mass is 16.5. The van der Waals surface area contributed by atoms with Crippen LogP contribution in [-0.4, -0.2) is 49.2 Å². The quantitative estimate of drug-likeness (QED) is 0.291. The Morgan fingerprint density at radius 2 is 1.70 bits per heavy atom. The van der Waals surface area contributed by atoms with E-state index < -0.39 is 0 Å². The SMILES string of the molecule is COc1ccc2nc3c(cc(OCCCN(C)C)c4ccccc43)nc2c1. The highest BCUT2D eigenvalue weighted by Crippen LogP contribution is 2.33. The van der Waals surface area contributed by atoms with Crippen LogP contribution < -0.4 is 9.47 Å². The fourth-order valence-electron chi connectivity index (χ4n) is 3.26. The van der Waals surface area contributed by atoms with Crippen LogP contribution in [0, 0.1) is 0 Å². The highest BCUT2D eigenvalue weighted by Gasteiger charge is 2.11. The summed E-state index contributed by atoms with van der Waals surface area (Å²) in [5, 5.41) is 2.12. The minimum absolute atomic E-state index is 0.669. The largest absolute Gasteiger partial charge is 0.497 e. The molecule has 0 N–H and O–H groups in total. The van der Waals surface area contributed by atoms with Gasteiger partial charge in [0.25, 0.3) is 0 Å². The molecule has 0 amide bonds. The molecule has 0 fully saturated rings. The van der Waals surface area contributed by atoms with Crippen LogP contribution in [0.3, 0.4) is 0 Å². The van der Waals surface area contributed by atoms with Gasteiger partial charge in [0.05, 0.1) is 35.8 Å². The van der Waals surface area contributed by atoms with Gasteiger partial charge in [-0.05, 0) is 32.6 Å². The molecule has 0 aliphatic heterocycles. The topological polar surface area (TPSA) is 47.5 Å². The van der Waals surface area contributed by atoms with E-state index in [1.165, 1.54) is 0 Å². The molecule has 0 saturated carbocycles. The molecule has 0 radical (unpaired) electrons. The van der Waals surface area contributed by atoms with E-state index in [4.69, 9.17) is 19.4 Å². The lowest BCUT2D eigenvalue weighted by Gasteiger charge is -2.13. The van der Waals surface area contributed by atoms with Gasteiger partial charge in [-0.2, -0.15) is 0 Å². The maximum atomic E-state index is 6.12. The average molecular weight is 361 g/mol. The van der Waals surface area contributed by atoms with Crippen molar-refractivity contribution < 1.29 is 9.47 Å². The van der Waals surface area contributed by atoms with Crippen molar-refractivity contribution >= 4 is 32.8 Å². The van der Waals surface area contributed by atoms with Crippen LogP contribution in [0.15, 0.2) is 48.5 Å². The maximum Gasteiger partial charge on any atom is 0.129 e. The molecule has 0 aliphatic rings. The molecule has 5 heteroatoms. The average Bonchev–Trinajstić information content (AvgIpc) is 2.69. The van der Waals surface area contributed by atoms with Gasteiger partial charge in [-0.15, -0.1) is 0 Å². The Kier molecular flexibility index (Phi) is 4.77. The zero-order chi connectivity index (χ0) is 18.8. The number of hydrogen-bond donors (Lipinski definition) is 0. The minimum atomic E-state index is 0.669. The summed E-state index contributed by atoms with van der Waals surface area (Å²) in [6.07, 6.45) is 0.972. The third-order valence-electron chi connectivity index (χ3n) is 4.62. The van der Waals surface area contributed by atoms with E-state index in [1.54, 1.807) is 7.11 Å².